The quantitative estimate of drug-likeness (QED) is 0.398. The first-order valence-electron chi connectivity index (χ1n) is 9.90. The van der Waals surface area contributed by atoms with Gasteiger partial charge in [-0.1, -0.05) is 44.2 Å². The summed E-state index contributed by atoms with van der Waals surface area (Å²) in [6.07, 6.45) is 0. The summed E-state index contributed by atoms with van der Waals surface area (Å²) >= 11 is 0. The minimum Gasteiger partial charge on any atom is -0.257 e. The first kappa shape index (κ1) is 17.1. The van der Waals surface area contributed by atoms with Crippen molar-refractivity contribution in [2.45, 2.75) is 33.1 Å². The molecule has 0 atom stereocenters. The molecule has 0 spiro atoms. The van der Waals surface area contributed by atoms with E-state index in [0.29, 0.717) is 0 Å². The summed E-state index contributed by atoms with van der Waals surface area (Å²) in [6.45, 7) is 8.93. The van der Waals surface area contributed by atoms with Gasteiger partial charge in [0.25, 0.3) is 0 Å². The fourth-order valence-electron chi connectivity index (χ4n) is 4.87. The number of rotatable bonds is 1. The van der Waals surface area contributed by atoms with Crippen molar-refractivity contribution in [3.8, 4) is 22.4 Å². The lowest BCUT2D eigenvalue weighted by Gasteiger charge is -2.24. The molecule has 2 aromatic carbocycles. The number of hydrogen-bond donors (Lipinski definition) is 0. The largest absolute Gasteiger partial charge is 0.257 e. The number of aromatic nitrogens is 2. The topological polar surface area (TPSA) is 16.8 Å². The van der Waals surface area contributed by atoms with E-state index in [1.807, 2.05) is 0 Å². The number of fused-ring (bicyclic) bond motifs is 4. The second-order valence-electron chi connectivity index (χ2n) is 8.49. The Labute approximate surface area is 166 Å². The summed E-state index contributed by atoms with van der Waals surface area (Å²) in [5, 5.41) is 1.26. The average molecular weight is 366 g/mol. The fourth-order valence-corrected chi connectivity index (χ4v) is 4.87. The van der Waals surface area contributed by atoms with E-state index >= 15 is 0 Å². The van der Waals surface area contributed by atoms with Gasteiger partial charge in [0.15, 0.2) is 0 Å². The second-order valence-corrected chi connectivity index (χ2v) is 8.49. The lowest BCUT2D eigenvalue weighted by Crippen LogP contribution is -2.33. The third kappa shape index (κ3) is 2.21. The van der Waals surface area contributed by atoms with E-state index in [1.54, 1.807) is 0 Å². The maximum Gasteiger partial charge on any atom is 0.213 e. The van der Waals surface area contributed by atoms with E-state index < -0.39 is 0 Å². The Morgan fingerprint density at radius 2 is 1.57 bits per heavy atom. The van der Waals surface area contributed by atoms with Crippen LogP contribution in [-0.4, -0.2) is 4.98 Å². The molecule has 0 fully saturated rings. The molecule has 0 amide bonds. The van der Waals surface area contributed by atoms with Gasteiger partial charge in [-0.05, 0) is 48.7 Å². The number of pyridine rings is 2. The molecule has 2 heterocycles. The van der Waals surface area contributed by atoms with Crippen LogP contribution in [0.2, 0.25) is 0 Å². The minimum atomic E-state index is -0.128. The van der Waals surface area contributed by atoms with Crippen molar-refractivity contribution in [2.75, 3.05) is 0 Å². The molecule has 0 saturated heterocycles. The summed E-state index contributed by atoms with van der Waals surface area (Å²) in [6, 6.07) is 22.0. The number of hydrogen-bond acceptors (Lipinski definition) is 1. The van der Waals surface area contributed by atoms with Crippen LogP contribution < -0.4 is 4.57 Å². The smallest absolute Gasteiger partial charge is 0.213 e. The van der Waals surface area contributed by atoms with Gasteiger partial charge in [-0.2, -0.15) is 4.57 Å². The molecule has 0 radical (unpaired) electrons. The number of aryl methyl sites for hydroxylation is 3. The molecule has 2 aromatic heterocycles. The summed E-state index contributed by atoms with van der Waals surface area (Å²) in [4.78, 5) is 4.95. The van der Waals surface area contributed by atoms with Crippen LogP contribution in [-0.2, 0) is 12.5 Å². The van der Waals surface area contributed by atoms with Crippen molar-refractivity contribution < 1.29 is 4.57 Å². The highest BCUT2D eigenvalue weighted by Crippen LogP contribution is 2.51. The van der Waals surface area contributed by atoms with Crippen molar-refractivity contribution in [3.05, 3.63) is 83.2 Å². The second kappa shape index (κ2) is 5.75. The number of nitrogens with zero attached hydrogens (tertiary/aromatic N) is 2. The highest BCUT2D eigenvalue weighted by molar-refractivity contribution is 5.88. The summed E-state index contributed by atoms with van der Waals surface area (Å²) in [5.74, 6) is 0. The maximum atomic E-state index is 4.95. The van der Waals surface area contributed by atoms with E-state index in [1.165, 1.54) is 50.1 Å². The van der Waals surface area contributed by atoms with Gasteiger partial charge in [0, 0.05) is 34.2 Å². The molecule has 0 N–H and O–H groups in total. The van der Waals surface area contributed by atoms with Gasteiger partial charge < -0.3 is 0 Å². The maximum absolute atomic E-state index is 4.95. The van der Waals surface area contributed by atoms with Gasteiger partial charge in [0.2, 0.25) is 11.2 Å². The highest BCUT2D eigenvalue weighted by Gasteiger charge is 2.41. The summed E-state index contributed by atoms with van der Waals surface area (Å²) in [5.41, 5.74) is 11.3. The molecular formula is C26H25N2+. The monoisotopic (exact) mass is 365 g/mol. The van der Waals surface area contributed by atoms with Crippen LogP contribution in [0.1, 0.15) is 36.4 Å². The molecule has 28 heavy (non-hydrogen) atoms. The minimum absolute atomic E-state index is 0.128. The van der Waals surface area contributed by atoms with Crippen molar-refractivity contribution >= 4 is 10.9 Å². The highest BCUT2D eigenvalue weighted by atomic mass is 14.9. The Hall–Kier alpha value is -3.00. The zero-order valence-corrected chi connectivity index (χ0v) is 17.2. The molecule has 0 saturated carbocycles. The van der Waals surface area contributed by atoms with E-state index in [-0.39, 0.29) is 5.41 Å². The van der Waals surface area contributed by atoms with Gasteiger partial charge in [0.1, 0.15) is 7.05 Å². The van der Waals surface area contributed by atoms with Gasteiger partial charge in [-0.25, -0.2) is 0 Å². The van der Waals surface area contributed by atoms with E-state index in [4.69, 9.17) is 4.98 Å². The van der Waals surface area contributed by atoms with Crippen molar-refractivity contribution in [2.24, 2.45) is 7.05 Å². The number of para-hydroxylation sites is 1. The van der Waals surface area contributed by atoms with E-state index in [2.05, 4.69) is 100.0 Å². The van der Waals surface area contributed by atoms with Crippen molar-refractivity contribution in [1.29, 1.82) is 0 Å². The molecule has 138 valence electrons. The summed E-state index contributed by atoms with van der Waals surface area (Å²) < 4.78 is 2.33. The first-order valence-corrected chi connectivity index (χ1v) is 9.90. The Balaban J connectivity index is 1.87. The zero-order chi connectivity index (χ0) is 19.6. The Morgan fingerprint density at radius 3 is 2.39 bits per heavy atom. The lowest BCUT2D eigenvalue weighted by atomic mass is 9.80. The van der Waals surface area contributed by atoms with Crippen LogP contribution in [0.15, 0.2) is 60.7 Å². The van der Waals surface area contributed by atoms with Crippen LogP contribution in [0, 0.1) is 13.8 Å². The number of benzene rings is 2. The van der Waals surface area contributed by atoms with Crippen molar-refractivity contribution in [1.82, 2.24) is 4.98 Å². The molecule has 0 unspecified atom stereocenters. The van der Waals surface area contributed by atoms with Crippen LogP contribution in [0.4, 0.5) is 0 Å². The first-order chi connectivity index (χ1) is 13.4. The van der Waals surface area contributed by atoms with Gasteiger partial charge in [-0.3, -0.25) is 4.98 Å². The fraction of sp³-hybridized carbons (Fsp3) is 0.231. The molecule has 0 bridgehead atoms. The van der Waals surface area contributed by atoms with Crippen LogP contribution in [0.3, 0.4) is 0 Å². The van der Waals surface area contributed by atoms with Crippen LogP contribution in [0.25, 0.3) is 33.3 Å². The predicted molar refractivity (Wildman–Crippen MR) is 115 cm³/mol. The molecule has 1 aliphatic rings. The van der Waals surface area contributed by atoms with Gasteiger partial charge in [0.05, 0.1) is 11.3 Å². The summed E-state index contributed by atoms with van der Waals surface area (Å²) in [7, 11) is 2.17. The van der Waals surface area contributed by atoms with Crippen LogP contribution >= 0.6 is 0 Å². The molecule has 0 aliphatic heterocycles. The average Bonchev–Trinajstić information content (AvgIpc) is 2.90. The molecule has 1 aliphatic carbocycles. The molecular weight excluding hydrogens is 340 g/mol. The zero-order valence-electron chi connectivity index (χ0n) is 17.2. The van der Waals surface area contributed by atoms with Gasteiger partial charge >= 0.3 is 0 Å². The predicted octanol–water partition coefficient (Wildman–Crippen LogP) is 5.65. The van der Waals surface area contributed by atoms with Crippen molar-refractivity contribution in [3.63, 3.8) is 0 Å². The Bertz CT molecular complexity index is 1270. The SMILES string of the molecule is Cc1ccc2c(n1)C(C)(C)c1c-2ccc(C)c1-c1ccc2ccccc2[n+]1C. The third-order valence-corrected chi connectivity index (χ3v) is 6.29. The Morgan fingerprint density at radius 1 is 0.821 bits per heavy atom. The molecule has 2 heteroatoms. The Kier molecular flexibility index (Phi) is 3.51. The van der Waals surface area contributed by atoms with Crippen LogP contribution in [0.5, 0.6) is 0 Å². The third-order valence-electron chi connectivity index (χ3n) is 6.29. The lowest BCUT2D eigenvalue weighted by molar-refractivity contribution is -0.633. The normalized spacial score (nSPS) is 14.2. The molecule has 4 aromatic rings. The molecule has 2 nitrogen and oxygen atoms in total. The van der Waals surface area contributed by atoms with E-state index in [0.717, 1.165) is 5.69 Å². The molecule has 5 rings (SSSR count). The van der Waals surface area contributed by atoms with Gasteiger partial charge in [-0.15, -0.1) is 0 Å². The van der Waals surface area contributed by atoms with E-state index in [9.17, 15) is 0 Å². The standard InChI is InChI=1S/C26H25N2/c1-16-10-13-19-20-14-11-17(2)27-25(20)26(3,4)24(19)23(16)22-15-12-18-8-6-7-9-21(18)28(22)5/h6-15H,1-5H3/q+1.